The predicted molar refractivity (Wildman–Crippen MR) is 75.3 cm³/mol. The molecule has 0 aromatic heterocycles. The molecule has 1 saturated heterocycles. The summed E-state index contributed by atoms with van der Waals surface area (Å²) >= 11 is 0. The highest BCUT2D eigenvalue weighted by atomic mass is 16.1. The van der Waals surface area contributed by atoms with Crippen LogP contribution in [0.2, 0.25) is 0 Å². The van der Waals surface area contributed by atoms with Crippen molar-refractivity contribution in [2.45, 2.75) is 58.5 Å². The van der Waals surface area contributed by atoms with Gasteiger partial charge in [0.25, 0.3) is 0 Å². The van der Waals surface area contributed by atoms with Crippen molar-refractivity contribution in [2.24, 2.45) is 11.7 Å². The number of amides is 1. The molecule has 4 nitrogen and oxygen atoms in total. The second kappa shape index (κ2) is 6.53. The van der Waals surface area contributed by atoms with E-state index in [1.165, 1.54) is 19.4 Å². The van der Waals surface area contributed by atoms with E-state index in [1.807, 2.05) is 20.8 Å². The average molecular weight is 255 g/mol. The Morgan fingerprint density at radius 3 is 2.67 bits per heavy atom. The van der Waals surface area contributed by atoms with Gasteiger partial charge in [0, 0.05) is 19.1 Å². The number of carbonyl (C=O) groups is 1. The lowest BCUT2D eigenvalue weighted by Crippen LogP contribution is -2.56. The van der Waals surface area contributed by atoms with Gasteiger partial charge in [-0.15, -0.1) is 0 Å². The molecule has 1 rings (SSSR count). The SMILES string of the molecule is CCC1CCN(CCC(C)(NC(C)C)C(N)=O)C1. The molecule has 1 fully saturated rings. The van der Waals surface area contributed by atoms with E-state index in [9.17, 15) is 4.79 Å². The number of hydrogen-bond acceptors (Lipinski definition) is 3. The molecule has 0 radical (unpaired) electrons. The van der Waals surface area contributed by atoms with Gasteiger partial charge in [-0.2, -0.15) is 0 Å². The van der Waals surface area contributed by atoms with Crippen molar-refractivity contribution in [3.63, 3.8) is 0 Å². The van der Waals surface area contributed by atoms with Gasteiger partial charge in [0.2, 0.25) is 5.91 Å². The number of rotatable bonds is 7. The Labute approximate surface area is 111 Å². The van der Waals surface area contributed by atoms with Crippen LogP contribution in [0.15, 0.2) is 0 Å². The monoisotopic (exact) mass is 255 g/mol. The Bertz CT molecular complexity index is 280. The number of nitrogens with one attached hydrogen (secondary N) is 1. The molecule has 18 heavy (non-hydrogen) atoms. The van der Waals surface area contributed by atoms with Crippen LogP contribution in [0.4, 0.5) is 0 Å². The van der Waals surface area contributed by atoms with Gasteiger partial charge < -0.3 is 16.0 Å². The minimum Gasteiger partial charge on any atom is -0.368 e. The van der Waals surface area contributed by atoms with Crippen LogP contribution in [-0.4, -0.2) is 42.0 Å². The third-order valence-corrected chi connectivity index (χ3v) is 4.03. The van der Waals surface area contributed by atoms with Crippen LogP contribution >= 0.6 is 0 Å². The molecule has 1 aliphatic rings. The van der Waals surface area contributed by atoms with E-state index in [1.54, 1.807) is 0 Å². The number of carbonyl (C=O) groups excluding carboxylic acids is 1. The first-order chi connectivity index (χ1) is 8.37. The summed E-state index contributed by atoms with van der Waals surface area (Å²) in [5.74, 6) is 0.588. The number of nitrogens with zero attached hydrogens (tertiary/aromatic N) is 1. The van der Waals surface area contributed by atoms with Gasteiger partial charge in [-0.05, 0) is 46.1 Å². The smallest absolute Gasteiger partial charge is 0.237 e. The zero-order chi connectivity index (χ0) is 13.8. The molecule has 1 aliphatic heterocycles. The van der Waals surface area contributed by atoms with Crippen molar-refractivity contribution in [1.29, 1.82) is 0 Å². The summed E-state index contributed by atoms with van der Waals surface area (Å²) in [6.45, 7) is 11.6. The topological polar surface area (TPSA) is 58.4 Å². The third kappa shape index (κ3) is 4.25. The van der Waals surface area contributed by atoms with Crippen molar-refractivity contribution in [3.05, 3.63) is 0 Å². The van der Waals surface area contributed by atoms with Gasteiger partial charge in [-0.1, -0.05) is 13.3 Å². The molecule has 0 aromatic rings. The normalized spacial score (nSPS) is 24.4. The Morgan fingerprint density at radius 2 is 2.22 bits per heavy atom. The Morgan fingerprint density at radius 1 is 1.56 bits per heavy atom. The van der Waals surface area contributed by atoms with Crippen LogP contribution < -0.4 is 11.1 Å². The molecule has 0 aliphatic carbocycles. The predicted octanol–water partition coefficient (Wildman–Crippen LogP) is 1.35. The first-order valence-electron chi connectivity index (χ1n) is 7.17. The van der Waals surface area contributed by atoms with Crippen molar-refractivity contribution in [3.8, 4) is 0 Å². The maximum absolute atomic E-state index is 11.6. The maximum Gasteiger partial charge on any atom is 0.237 e. The highest BCUT2D eigenvalue weighted by Crippen LogP contribution is 2.21. The largest absolute Gasteiger partial charge is 0.368 e. The van der Waals surface area contributed by atoms with Crippen LogP contribution in [0.25, 0.3) is 0 Å². The molecule has 3 N–H and O–H groups in total. The summed E-state index contributed by atoms with van der Waals surface area (Å²) in [5, 5.41) is 3.30. The highest BCUT2D eigenvalue weighted by Gasteiger charge is 2.32. The number of nitrogens with two attached hydrogens (primary N) is 1. The lowest BCUT2D eigenvalue weighted by molar-refractivity contribution is -0.124. The van der Waals surface area contributed by atoms with Crippen LogP contribution in [-0.2, 0) is 4.79 Å². The Hall–Kier alpha value is -0.610. The second-order valence-corrected chi connectivity index (χ2v) is 6.11. The summed E-state index contributed by atoms with van der Waals surface area (Å²) in [6.07, 6.45) is 3.34. The molecule has 0 bridgehead atoms. The van der Waals surface area contributed by atoms with Crippen LogP contribution in [0.3, 0.4) is 0 Å². The van der Waals surface area contributed by atoms with Crippen LogP contribution in [0.5, 0.6) is 0 Å². The zero-order valence-corrected chi connectivity index (χ0v) is 12.3. The molecule has 2 unspecified atom stereocenters. The van der Waals surface area contributed by atoms with Crippen molar-refractivity contribution < 1.29 is 4.79 Å². The van der Waals surface area contributed by atoms with E-state index in [0.29, 0.717) is 0 Å². The lowest BCUT2D eigenvalue weighted by Gasteiger charge is -2.31. The van der Waals surface area contributed by atoms with Crippen molar-refractivity contribution >= 4 is 5.91 Å². The molecule has 0 saturated carbocycles. The maximum atomic E-state index is 11.6. The van der Waals surface area contributed by atoms with Gasteiger partial charge >= 0.3 is 0 Å². The van der Waals surface area contributed by atoms with Crippen LogP contribution in [0, 0.1) is 5.92 Å². The van der Waals surface area contributed by atoms with E-state index in [-0.39, 0.29) is 11.9 Å². The minimum absolute atomic E-state index is 0.248. The molecule has 4 heteroatoms. The fourth-order valence-electron chi connectivity index (χ4n) is 2.73. The molecule has 2 atom stereocenters. The van der Waals surface area contributed by atoms with Crippen molar-refractivity contribution in [2.75, 3.05) is 19.6 Å². The summed E-state index contributed by atoms with van der Waals surface area (Å²) in [5.41, 5.74) is 4.95. The number of likely N-dealkylation sites (tertiary alicyclic amines) is 1. The van der Waals surface area contributed by atoms with Crippen molar-refractivity contribution in [1.82, 2.24) is 10.2 Å². The van der Waals surface area contributed by atoms with E-state index in [4.69, 9.17) is 5.73 Å². The Kier molecular flexibility index (Phi) is 5.60. The van der Waals surface area contributed by atoms with Gasteiger partial charge in [-0.3, -0.25) is 4.79 Å². The number of hydrogen-bond donors (Lipinski definition) is 2. The van der Waals surface area contributed by atoms with E-state index >= 15 is 0 Å². The molecule has 106 valence electrons. The number of primary amides is 1. The lowest BCUT2D eigenvalue weighted by atomic mass is 9.95. The quantitative estimate of drug-likeness (QED) is 0.722. The summed E-state index contributed by atoms with van der Waals surface area (Å²) in [4.78, 5) is 14.1. The third-order valence-electron chi connectivity index (χ3n) is 4.03. The summed E-state index contributed by atoms with van der Waals surface area (Å²) in [6, 6.07) is 0.268. The molecular formula is C14H29N3O. The van der Waals surface area contributed by atoms with E-state index in [2.05, 4.69) is 17.1 Å². The average Bonchev–Trinajstić information content (AvgIpc) is 2.73. The van der Waals surface area contributed by atoms with Gasteiger partial charge in [0.05, 0.1) is 5.54 Å². The standard InChI is InChI=1S/C14H29N3O/c1-5-12-6-8-17(10-12)9-7-14(4,13(15)18)16-11(2)3/h11-12,16H,5-10H2,1-4H3,(H2,15,18). The fourth-order valence-corrected chi connectivity index (χ4v) is 2.73. The van der Waals surface area contributed by atoms with Crippen LogP contribution in [0.1, 0.15) is 47.0 Å². The Balaban J connectivity index is 2.45. The fraction of sp³-hybridized carbons (Fsp3) is 0.929. The molecular weight excluding hydrogens is 226 g/mol. The van der Waals surface area contributed by atoms with E-state index in [0.717, 1.165) is 25.4 Å². The second-order valence-electron chi connectivity index (χ2n) is 6.11. The summed E-state index contributed by atoms with van der Waals surface area (Å²) < 4.78 is 0. The molecule has 1 amide bonds. The van der Waals surface area contributed by atoms with E-state index < -0.39 is 5.54 Å². The molecule has 1 heterocycles. The minimum atomic E-state index is -0.585. The highest BCUT2D eigenvalue weighted by molar-refractivity contribution is 5.84. The summed E-state index contributed by atoms with van der Waals surface area (Å²) in [7, 11) is 0. The first kappa shape index (κ1) is 15.4. The van der Waals surface area contributed by atoms with Gasteiger partial charge in [0.1, 0.15) is 0 Å². The molecule has 0 spiro atoms. The zero-order valence-electron chi connectivity index (χ0n) is 12.3. The van der Waals surface area contributed by atoms with Gasteiger partial charge in [0.15, 0.2) is 0 Å². The first-order valence-corrected chi connectivity index (χ1v) is 7.17. The molecule has 0 aromatic carbocycles. The van der Waals surface area contributed by atoms with Gasteiger partial charge in [-0.25, -0.2) is 0 Å².